The molecule has 1 aromatic rings. The highest BCUT2D eigenvalue weighted by Crippen LogP contribution is 2.33. The number of hydrogen-bond acceptors (Lipinski definition) is 3. The summed E-state index contributed by atoms with van der Waals surface area (Å²) in [5.74, 6) is 1.31. The molecule has 0 saturated carbocycles. The van der Waals surface area contributed by atoms with E-state index in [4.69, 9.17) is 21.1 Å². The second-order valence-electron chi connectivity index (χ2n) is 3.75. The van der Waals surface area contributed by atoms with Crippen molar-refractivity contribution in [3.05, 3.63) is 23.8 Å². The van der Waals surface area contributed by atoms with E-state index < -0.39 is 5.38 Å². The van der Waals surface area contributed by atoms with Gasteiger partial charge in [0.2, 0.25) is 0 Å². The quantitative estimate of drug-likeness (QED) is 0.708. The first kappa shape index (κ1) is 14.8. The summed E-state index contributed by atoms with van der Waals surface area (Å²) in [6, 6.07) is 5.38. The molecule has 1 rings (SSSR count). The van der Waals surface area contributed by atoms with E-state index in [2.05, 4.69) is 0 Å². The third-order valence-electron chi connectivity index (χ3n) is 2.49. The Morgan fingerprint density at radius 2 is 1.78 bits per heavy atom. The van der Waals surface area contributed by atoms with Gasteiger partial charge in [-0.3, -0.25) is 4.79 Å². The molecule has 1 aromatic carbocycles. The summed E-state index contributed by atoms with van der Waals surface area (Å²) in [7, 11) is 0. The van der Waals surface area contributed by atoms with Crippen LogP contribution in [-0.2, 0) is 4.79 Å². The molecule has 18 heavy (non-hydrogen) atoms. The number of benzene rings is 1. The van der Waals surface area contributed by atoms with E-state index in [-0.39, 0.29) is 5.78 Å². The van der Waals surface area contributed by atoms with Gasteiger partial charge >= 0.3 is 0 Å². The van der Waals surface area contributed by atoms with Gasteiger partial charge in [0.25, 0.3) is 0 Å². The van der Waals surface area contributed by atoms with Gasteiger partial charge in [0.1, 0.15) is 5.38 Å². The van der Waals surface area contributed by atoms with Crippen LogP contribution in [0.25, 0.3) is 0 Å². The van der Waals surface area contributed by atoms with Crippen LogP contribution in [0.15, 0.2) is 18.2 Å². The van der Waals surface area contributed by atoms with Gasteiger partial charge in [-0.1, -0.05) is 13.0 Å². The minimum Gasteiger partial charge on any atom is -0.490 e. The predicted molar refractivity (Wildman–Crippen MR) is 72.7 cm³/mol. The molecule has 0 heterocycles. The van der Waals surface area contributed by atoms with Crippen molar-refractivity contribution >= 4 is 17.4 Å². The molecule has 0 spiro atoms. The van der Waals surface area contributed by atoms with Gasteiger partial charge < -0.3 is 9.47 Å². The molecule has 0 aliphatic heterocycles. The molecule has 0 aliphatic rings. The fraction of sp³-hybridized carbons (Fsp3) is 0.500. The predicted octanol–water partition coefficient (Wildman–Crippen LogP) is 3.74. The molecule has 4 heteroatoms. The zero-order valence-electron chi connectivity index (χ0n) is 11.0. The number of carbonyl (C=O) groups excluding carboxylic acids is 1. The van der Waals surface area contributed by atoms with Crippen molar-refractivity contribution in [3.63, 3.8) is 0 Å². The van der Waals surface area contributed by atoms with Crippen molar-refractivity contribution in [2.24, 2.45) is 0 Å². The average Bonchev–Trinajstić information content (AvgIpc) is 2.39. The highest BCUT2D eigenvalue weighted by atomic mass is 35.5. The summed E-state index contributed by atoms with van der Waals surface area (Å²) in [6.45, 7) is 6.72. The van der Waals surface area contributed by atoms with Crippen LogP contribution in [0.5, 0.6) is 11.5 Å². The monoisotopic (exact) mass is 270 g/mol. The molecule has 1 atom stereocenters. The number of ether oxygens (including phenoxy) is 2. The molecule has 0 aromatic heterocycles. The Kier molecular flexibility index (Phi) is 5.99. The molecule has 0 amide bonds. The van der Waals surface area contributed by atoms with E-state index in [0.29, 0.717) is 31.1 Å². The number of rotatable bonds is 7. The van der Waals surface area contributed by atoms with Gasteiger partial charge in [-0.2, -0.15) is 0 Å². The number of hydrogen-bond donors (Lipinski definition) is 0. The van der Waals surface area contributed by atoms with Crippen molar-refractivity contribution in [1.82, 2.24) is 0 Å². The molecule has 100 valence electrons. The maximum absolute atomic E-state index is 11.6. The highest BCUT2D eigenvalue weighted by Gasteiger charge is 2.17. The average molecular weight is 271 g/mol. The van der Waals surface area contributed by atoms with Crippen LogP contribution in [0.1, 0.15) is 38.1 Å². The summed E-state index contributed by atoms with van der Waals surface area (Å²) >= 11 is 6.11. The van der Waals surface area contributed by atoms with Crippen LogP contribution in [0, 0.1) is 0 Å². The lowest BCUT2D eigenvalue weighted by Gasteiger charge is -2.14. The topological polar surface area (TPSA) is 35.5 Å². The lowest BCUT2D eigenvalue weighted by atomic mass is 10.1. The number of ketones is 1. The number of halogens is 1. The smallest absolute Gasteiger partial charge is 0.161 e. The first-order chi connectivity index (χ1) is 8.63. The van der Waals surface area contributed by atoms with Gasteiger partial charge in [0.15, 0.2) is 17.3 Å². The largest absolute Gasteiger partial charge is 0.490 e. The van der Waals surface area contributed by atoms with E-state index in [0.717, 1.165) is 5.56 Å². The van der Waals surface area contributed by atoms with Crippen LogP contribution in [0.4, 0.5) is 0 Å². The minimum absolute atomic E-state index is 0.00303. The van der Waals surface area contributed by atoms with Gasteiger partial charge in [-0.05, 0) is 31.5 Å². The Morgan fingerprint density at radius 3 is 2.33 bits per heavy atom. The maximum Gasteiger partial charge on any atom is 0.161 e. The molecule has 1 unspecified atom stereocenters. The lowest BCUT2D eigenvalue weighted by Crippen LogP contribution is -2.06. The standard InChI is InChI=1S/C14H19ClO3/c1-4-11(16)14(15)10-7-8-12(17-5-2)13(9-10)18-6-3/h7-9,14H,4-6H2,1-3H3. The Hall–Kier alpha value is -1.22. The highest BCUT2D eigenvalue weighted by molar-refractivity contribution is 6.31. The van der Waals surface area contributed by atoms with Crippen molar-refractivity contribution in [1.29, 1.82) is 0 Å². The second kappa shape index (κ2) is 7.27. The van der Waals surface area contributed by atoms with Crippen LogP contribution < -0.4 is 9.47 Å². The molecule has 0 radical (unpaired) electrons. The Balaban J connectivity index is 3.01. The van der Waals surface area contributed by atoms with E-state index in [1.165, 1.54) is 0 Å². The fourth-order valence-corrected chi connectivity index (χ4v) is 1.88. The van der Waals surface area contributed by atoms with Gasteiger partial charge in [-0.15, -0.1) is 11.6 Å². The van der Waals surface area contributed by atoms with Crippen LogP contribution in [0.2, 0.25) is 0 Å². The SMILES string of the molecule is CCOc1ccc(C(Cl)C(=O)CC)cc1OCC. The van der Waals surface area contributed by atoms with Crippen LogP contribution in [-0.4, -0.2) is 19.0 Å². The van der Waals surface area contributed by atoms with E-state index in [9.17, 15) is 4.79 Å². The van der Waals surface area contributed by atoms with Crippen LogP contribution in [0.3, 0.4) is 0 Å². The molecule has 0 bridgehead atoms. The van der Waals surface area contributed by atoms with Crippen molar-refractivity contribution < 1.29 is 14.3 Å². The first-order valence-corrected chi connectivity index (χ1v) is 6.63. The molecule has 0 fully saturated rings. The zero-order valence-corrected chi connectivity index (χ0v) is 11.8. The molecule has 0 saturated heterocycles. The minimum atomic E-state index is -0.620. The van der Waals surface area contributed by atoms with Crippen molar-refractivity contribution in [3.8, 4) is 11.5 Å². The summed E-state index contributed by atoms with van der Waals surface area (Å²) in [4.78, 5) is 11.6. The normalized spacial score (nSPS) is 12.0. The Labute approximate surface area is 113 Å². The van der Waals surface area contributed by atoms with Crippen LogP contribution >= 0.6 is 11.6 Å². The number of carbonyl (C=O) groups is 1. The molecule has 0 N–H and O–H groups in total. The maximum atomic E-state index is 11.6. The first-order valence-electron chi connectivity index (χ1n) is 6.20. The third-order valence-corrected chi connectivity index (χ3v) is 2.99. The lowest BCUT2D eigenvalue weighted by molar-refractivity contribution is -0.118. The molecule has 0 aliphatic carbocycles. The van der Waals surface area contributed by atoms with Gasteiger partial charge in [0.05, 0.1) is 13.2 Å². The summed E-state index contributed by atoms with van der Waals surface area (Å²) in [6.07, 6.45) is 0.422. The fourth-order valence-electron chi connectivity index (χ4n) is 1.59. The third kappa shape index (κ3) is 3.64. The molecule has 3 nitrogen and oxygen atoms in total. The summed E-state index contributed by atoms with van der Waals surface area (Å²) in [5.41, 5.74) is 0.746. The van der Waals surface area contributed by atoms with E-state index >= 15 is 0 Å². The van der Waals surface area contributed by atoms with Crippen molar-refractivity contribution in [2.45, 2.75) is 32.6 Å². The van der Waals surface area contributed by atoms with Crippen molar-refractivity contribution in [2.75, 3.05) is 13.2 Å². The number of Topliss-reactive ketones (excluding diaryl/α,β-unsaturated/α-hetero) is 1. The Bertz CT molecular complexity index is 404. The second-order valence-corrected chi connectivity index (χ2v) is 4.19. The van der Waals surface area contributed by atoms with Gasteiger partial charge in [-0.25, -0.2) is 0 Å². The Morgan fingerprint density at radius 1 is 1.17 bits per heavy atom. The summed E-state index contributed by atoms with van der Waals surface area (Å²) in [5, 5.41) is -0.620. The van der Waals surface area contributed by atoms with Gasteiger partial charge in [0, 0.05) is 6.42 Å². The van der Waals surface area contributed by atoms with E-state index in [1.807, 2.05) is 13.8 Å². The number of alkyl halides is 1. The summed E-state index contributed by atoms with van der Waals surface area (Å²) < 4.78 is 11.0. The molecular formula is C14H19ClO3. The molecular weight excluding hydrogens is 252 g/mol. The van der Waals surface area contributed by atoms with E-state index in [1.54, 1.807) is 25.1 Å². The zero-order chi connectivity index (χ0) is 13.5.